The van der Waals surface area contributed by atoms with Crippen LogP contribution < -0.4 is 0 Å². The van der Waals surface area contributed by atoms with Crippen LogP contribution in [-0.4, -0.2) is 71.5 Å². The van der Waals surface area contributed by atoms with Crippen LogP contribution in [0.25, 0.3) is 5.65 Å². The molecule has 2 aromatic heterocycles. The standard InChI is InChI=1S/C17H24N4O2/c1-14-4-7-21-13-15(18-16(21)12-14)17(22)20-6-3-5-19(8-9-20)10-11-23-2/h4,7,12-13H,3,5-6,8-11H2,1-2H3. The highest BCUT2D eigenvalue weighted by Gasteiger charge is 2.22. The van der Waals surface area contributed by atoms with Crippen molar-refractivity contribution < 1.29 is 9.53 Å². The second-order valence-electron chi connectivity index (χ2n) is 6.08. The van der Waals surface area contributed by atoms with E-state index in [1.165, 1.54) is 0 Å². The van der Waals surface area contributed by atoms with Gasteiger partial charge in [0.05, 0.1) is 6.61 Å². The Morgan fingerprint density at radius 2 is 2.17 bits per heavy atom. The van der Waals surface area contributed by atoms with Crippen molar-refractivity contribution >= 4 is 11.6 Å². The monoisotopic (exact) mass is 316 g/mol. The maximum atomic E-state index is 12.7. The summed E-state index contributed by atoms with van der Waals surface area (Å²) < 4.78 is 7.04. The molecule has 1 saturated heterocycles. The molecule has 3 rings (SSSR count). The first-order chi connectivity index (χ1) is 11.2. The van der Waals surface area contributed by atoms with Crippen LogP contribution in [0.1, 0.15) is 22.5 Å². The number of imidazole rings is 1. The predicted molar refractivity (Wildman–Crippen MR) is 88.8 cm³/mol. The van der Waals surface area contributed by atoms with Crippen LogP contribution in [0.15, 0.2) is 24.5 Å². The molecule has 0 N–H and O–H groups in total. The van der Waals surface area contributed by atoms with E-state index in [1.807, 2.05) is 40.8 Å². The Bertz CT molecular complexity index is 682. The van der Waals surface area contributed by atoms with Crippen LogP contribution in [0.2, 0.25) is 0 Å². The number of pyridine rings is 1. The number of aromatic nitrogens is 2. The van der Waals surface area contributed by atoms with E-state index in [-0.39, 0.29) is 5.91 Å². The van der Waals surface area contributed by atoms with Crippen LogP contribution in [0.5, 0.6) is 0 Å². The Hall–Kier alpha value is -1.92. The summed E-state index contributed by atoms with van der Waals surface area (Å²) >= 11 is 0. The highest BCUT2D eigenvalue weighted by Crippen LogP contribution is 2.12. The quantitative estimate of drug-likeness (QED) is 0.856. The molecule has 1 aliphatic rings. The molecule has 0 unspecified atom stereocenters. The number of hydrogen-bond donors (Lipinski definition) is 0. The lowest BCUT2D eigenvalue weighted by atomic mass is 10.3. The summed E-state index contributed by atoms with van der Waals surface area (Å²) in [6, 6.07) is 4.01. The highest BCUT2D eigenvalue weighted by molar-refractivity contribution is 5.93. The van der Waals surface area contributed by atoms with Crippen LogP contribution in [0, 0.1) is 6.92 Å². The number of methoxy groups -OCH3 is 1. The summed E-state index contributed by atoms with van der Waals surface area (Å²) in [6.07, 6.45) is 4.76. The Balaban J connectivity index is 1.69. The zero-order chi connectivity index (χ0) is 16.2. The third-order valence-corrected chi connectivity index (χ3v) is 4.32. The maximum absolute atomic E-state index is 12.7. The van der Waals surface area contributed by atoms with E-state index in [0.29, 0.717) is 5.69 Å². The molecular formula is C17H24N4O2. The number of ether oxygens (including phenoxy) is 1. The average Bonchev–Trinajstić information content (AvgIpc) is 2.82. The number of aryl methyl sites for hydroxylation is 1. The molecule has 0 aromatic carbocycles. The average molecular weight is 316 g/mol. The number of carbonyl (C=O) groups is 1. The van der Waals surface area contributed by atoms with Gasteiger partial charge in [0.1, 0.15) is 11.3 Å². The Morgan fingerprint density at radius 3 is 3.00 bits per heavy atom. The molecule has 2 aromatic rings. The van der Waals surface area contributed by atoms with Crippen molar-refractivity contribution in [1.29, 1.82) is 0 Å². The molecule has 3 heterocycles. The number of hydrogen-bond acceptors (Lipinski definition) is 4. The van der Waals surface area contributed by atoms with E-state index in [2.05, 4.69) is 9.88 Å². The fraction of sp³-hybridized carbons (Fsp3) is 0.529. The molecule has 0 bridgehead atoms. The summed E-state index contributed by atoms with van der Waals surface area (Å²) in [7, 11) is 1.72. The molecule has 1 amide bonds. The van der Waals surface area contributed by atoms with Crippen LogP contribution >= 0.6 is 0 Å². The molecule has 0 radical (unpaired) electrons. The third kappa shape index (κ3) is 3.71. The molecule has 23 heavy (non-hydrogen) atoms. The molecule has 0 aliphatic carbocycles. The Kier molecular flexibility index (Phi) is 4.93. The van der Waals surface area contributed by atoms with Crippen molar-refractivity contribution in [1.82, 2.24) is 19.2 Å². The molecule has 0 saturated carbocycles. The van der Waals surface area contributed by atoms with Gasteiger partial charge < -0.3 is 14.0 Å². The van der Waals surface area contributed by atoms with Crippen molar-refractivity contribution in [2.75, 3.05) is 46.4 Å². The van der Waals surface area contributed by atoms with Gasteiger partial charge in [-0.1, -0.05) is 0 Å². The molecule has 0 spiro atoms. The molecular weight excluding hydrogens is 292 g/mol. The van der Waals surface area contributed by atoms with Gasteiger partial charge in [0.15, 0.2) is 0 Å². The van der Waals surface area contributed by atoms with Crippen molar-refractivity contribution in [2.45, 2.75) is 13.3 Å². The largest absolute Gasteiger partial charge is 0.383 e. The van der Waals surface area contributed by atoms with Gasteiger partial charge in [0.2, 0.25) is 0 Å². The smallest absolute Gasteiger partial charge is 0.274 e. The van der Waals surface area contributed by atoms with Gasteiger partial charge in [-0.15, -0.1) is 0 Å². The second kappa shape index (κ2) is 7.10. The van der Waals surface area contributed by atoms with E-state index in [0.717, 1.165) is 57.0 Å². The first-order valence-electron chi connectivity index (χ1n) is 8.13. The van der Waals surface area contributed by atoms with Crippen molar-refractivity contribution in [3.63, 3.8) is 0 Å². The SMILES string of the molecule is COCCN1CCCN(C(=O)c2cn3ccc(C)cc3n2)CC1. The number of fused-ring (bicyclic) bond motifs is 1. The van der Waals surface area contributed by atoms with Gasteiger partial charge in [-0.2, -0.15) is 0 Å². The highest BCUT2D eigenvalue weighted by atomic mass is 16.5. The first kappa shape index (κ1) is 16.0. The van der Waals surface area contributed by atoms with Gasteiger partial charge in [-0.3, -0.25) is 9.69 Å². The fourth-order valence-corrected chi connectivity index (χ4v) is 2.97. The van der Waals surface area contributed by atoms with Crippen LogP contribution in [0.3, 0.4) is 0 Å². The maximum Gasteiger partial charge on any atom is 0.274 e. The zero-order valence-electron chi connectivity index (χ0n) is 13.9. The lowest BCUT2D eigenvalue weighted by Crippen LogP contribution is -2.36. The molecule has 0 atom stereocenters. The number of rotatable bonds is 4. The van der Waals surface area contributed by atoms with Gasteiger partial charge in [-0.25, -0.2) is 4.98 Å². The van der Waals surface area contributed by atoms with Crippen molar-refractivity contribution in [3.05, 3.63) is 35.8 Å². The Labute approximate surface area is 136 Å². The summed E-state index contributed by atoms with van der Waals surface area (Å²) in [5.41, 5.74) is 2.50. The molecule has 1 fully saturated rings. The van der Waals surface area contributed by atoms with E-state index >= 15 is 0 Å². The number of carbonyl (C=O) groups excluding carboxylic acids is 1. The molecule has 124 valence electrons. The fourth-order valence-electron chi connectivity index (χ4n) is 2.97. The van der Waals surface area contributed by atoms with Gasteiger partial charge >= 0.3 is 0 Å². The summed E-state index contributed by atoms with van der Waals surface area (Å²) in [6.45, 7) is 7.12. The first-order valence-corrected chi connectivity index (χ1v) is 8.13. The van der Waals surface area contributed by atoms with E-state index < -0.39 is 0 Å². The normalized spacial score (nSPS) is 16.7. The second-order valence-corrected chi connectivity index (χ2v) is 6.08. The minimum absolute atomic E-state index is 0.0277. The molecule has 1 aliphatic heterocycles. The minimum atomic E-state index is 0.0277. The summed E-state index contributed by atoms with van der Waals surface area (Å²) in [4.78, 5) is 21.5. The molecule has 6 nitrogen and oxygen atoms in total. The predicted octanol–water partition coefficient (Wildman–Crippen LogP) is 1.44. The van der Waals surface area contributed by atoms with Crippen molar-refractivity contribution in [2.24, 2.45) is 0 Å². The lowest BCUT2D eigenvalue weighted by Gasteiger charge is -2.21. The third-order valence-electron chi connectivity index (χ3n) is 4.32. The van der Waals surface area contributed by atoms with Crippen LogP contribution in [-0.2, 0) is 4.74 Å². The minimum Gasteiger partial charge on any atom is -0.383 e. The van der Waals surface area contributed by atoms with E-state index in [1.54, 1.807) is 7.11 Å². The zero-order valence-corrected chi connectivity index (χ0v) is 13.9. The summed E-state index contributed by atoms with van der Waals surface area (Å²) in [5, 5.41) is 0. The topological polar surface area (TPSA) is 50.1 Å². The van der Waals surface area contributed by atoms with E-state index in [4.69, 9.17) is 4.74 Å². The number of nitrogens with zero attached hydrogens (tertiary/aromatic N) is 4. The van der Waals surface area contributed by atoms with E-state index in [9.17, 15) is 4.79 Å². The van der Waals surface area contributed by atoms with Crippen molar-refractivity contribution in [3.8, 4) is 0 Å². The lowest BCUT2D eigenvalue weighted by molar-refractivity contribution is 0.0754. The summed E-state index contributed by atoms with van der Waals surface area (Å²) in [5.74, 6) is 0.0277. The van der Waals surface area contributed by atoms with Crippen LogP contribution in [0.4, 0.5) is 0 Å². The van der Waals surface area contributed by atoms with Gasteiger partial charge in [-0.05, 0) is 37.6 Å². The van der Waals surface area contributed by atoms with Gasteiger partial charge in [0.25, 0.3) is 5.91 Å². The number of amides is 1. The van der Waals surface area contributed by atoms with Gasteiger partial charge in [0, 0.05) is 45.7 Å². The Morgan fingerprint density at radius 1 is 1.30 bits per heavy atom. The molecule has 6 heteroatoms.